The largest absolute Gasteiger partial charge is 0.438 e. The van der Waals surface area contributed by atoms with E-state index in [9.17, 15) is 4.79 Å². The number of amides is 1. The Morgan fingerprint density at radius 2 is 2.04 bits per heavy atom. The molecule has 8 nitrogen and oxygen atoms in total. The number of hydrogen-bond acceptors (Lipinski definition) is 6. The second kappa shape index (κ2) is 7.19. The Morgan fingerprint density at radius 1 is 1.23 bits per heavy atom. The van der Waals surface area contributed by atoms with E-state index in [4.69, 9.17) is 4.42 Å². The second-order valence-corrected chi connectivity index (χ2v) is 7.37. The molecule has 0 unspecified atom stereocenters. The van der Waals surface area contributed by atoms with Crippen LogP contribution in [0.15, 0.2) is 10.8 Å². The number of rotatable bonds is 4. The SMILES string of the molecule is Cc1ncoc1C(=O)N1CCC[C@@H](c2nnc(CN3CCCC3)n2C)C1. The minimum Gasteiger partial charge on any atom is -0.438 e. The van der Waals surface area contributed by atoms with Gasteiger partial charge in [0.1, 0.15) is 11.6 Å². The molecular weight excluding hydrogens is 332 g/mol. The smallest absolute Gasteiger partial charge is 0.291 e. The Morgan fingerprint density at radius 3 is 2.77 bits per heavy atom. The van der Waals surface area contributed by atoms with E-state index < -0.39 is 0 Å². The molecule has 4 heterocycles. The summed E-state index contributed by atoms with van der Waals surface area (Å²) in [5, 5.41) is 8.90. The van der Waals surface area contributed by atoms with Gasteiger partial charge < -0.3 is 13.9 Å². The van der Waals surface area contributed by atoms with Crippen molar-refractivity contribution < 1.29 is 9.21 Å². The monoisotopic (exact) mass is 358 g/mol. The van der Waals surface area contributed by atoms with Gasteiger partial charge in [0, 0.05) is 26.1 Å². The lowest BCUT2D eigenvalue weighted by atomic mass is 9.97. The summed E-state index contributed by atoms with van der Waals surface area (Å²) in [7, 11) is 2.04. The minimum absolute atomic E-state index is 0.0795. The Hall–Kier alpha value is -2.22. The van der Waals surface area contributed by atoms with Gasteiger partial charge in [-0.3, -0.25) is 9.69 Å². The normalized spacial score (nSPS) is 21.5. The van der Waals surface area contributed by atoms with Crippen LogP contribution in [0, 0.1) is 6.92 Å². The topological polar surface area (TPSA) is 80.3 Å². The molecule has 0 N–H and O–H groups in total. The summed E-state index contributed by atoms with van der Waals surface area (Å²) in [6.45, 7) is 6.33. The van der Waals surface area contributed by atoms with Crippen LogP contribution < -0.4 is 0 Å². The van der Waals surface area contributed by atoms with Crippen molar-refractivity contribution in [3.8, 4) is 0 Å². The molecule has 140 valence electrons. The van der Waals surface area contributed by atoms with Crippen LogP contribution in [0.1, 0.15) is 59.5 Å². The molecule has 0 aliphatic carbocycles. The summed E-state index contributed by atoms with van der Waals surface area (Å²) < 4.78 is 7.40. The van der Waals surface area contributed by atoms with Crippen molar-refractivity contribution in [2.24, 2.45) is 7.05 Å². The highest BCUT2D eigenvalue weighted by Gasteiger charge is 2.31. The first kappa shape index (κ1) is 17.2. The maximum absolute atomic E-state index is 12.7. The van der Waals surface area contributed by atoms with Crippen molar-refractivity contribution >= 4 is 5.91 Å². The summed E-state index contributed by atoms with van der Waals surface area (Å²) in [6.07, 6.45) is 5.85. The number of nitrogens with zero attached hydrogens (tertiary/aromatic N) is 6. The fourth-order valence-electron chi connectivity index (χ4n) is 4.03. The third-order valence-electron chi connectivity index (χ3n) is 5.58. The summed E-state index contributed by atoms with van der Waals surface area (Å²) >= 11 is 0. The van der Waals surface area contributed by atoms with Gasteiger partial charge in [-0.15, -0.1) is 10.2 Å². The molecule has 0 spiro atoms. The summed E-state index contributed by atoms with van der Waals surface area (Å²) in [5.74, 6) is 2.46. The van der Waals surface area contributed by atoms with Crippen LogP contribution in [-0.2, 0) is 13.6 Å². The Labute approximate surface area is 153 Å². The maximum atomic E-state index is 12.7. The van der Waals surface area contributed by atoms with Crippen molar-refractivity contribution in [1.82, 2.24) is 29.5 Å². The van der Waals surface area contributed by atoms with Gasteiger partial charge in [-0.2, -0.15) is 0 Å². The zero-order valence-electron chi connectivity index (χ0n) is 15.5. The molecule has 0 saturated carbocycles. The van der Waals surface area contributed by atoms with Crippen LogP contribution >= 0.6 is 0 Å². The van der Waals surface area contributed by atoms with Crippen LogP contribution in [0.3, 0.4) is 0 Å². The van der Waals surface area contributed by atoms with Crippen LogP contribution in [0.2, 0.25) is 0 Å². The summed E-state index contributed by atoms with van der Waals surface area (Å²) in [6, 6.07) is 0. The first-order valence-corrected chi connectivity index (χ1v) is 9.43. The molecule has 0 radical (unpaired) electrons. The molecule has 4 rings (SSSR count). The zero-order chi connectivity index (χ0) is 18.1. The molecule has 1 atom stereocenters. The molecule has 2 aromatic rings. The van der Waals surface area contributed by atoms with E-state index in [2.05, 4.69) is 24.6 Å². The third kappa shape index (κ3) is 3.25. The van der Waals surface area contributed by atoms with Crippen molar-refractivity contribution in [3.63, 3.8) is 0 Å². The van der Waals surface area contributed by atoms with Gasteiger partial charge in [0.15, 0.2) is 6.39 Å². The maximum Gasteiger partial charge on any atom is 0.291 e. The summed E-state index contributed by atoms with van der Waals surface area (Å²) in [5.41, 5.74) is 0.642. The highest BCUT2D eigenvalue weighted by atomic mass is 16.3. The van der Waals surface area contributed by atoms with Gasteiger partial charge in [-0.1, -0.05) is 0 Å². The standard InChI is InChI=1S/C18H26N6O2/c1-13-16(26-12-19-13)18(25)24-9-5-6-14(10-24)17-21-20-15(22(17)2)11-23-7-3-4-8-23/h12,14H,3-11H2,1-2H3/t14-/m1/s1. The highest BCUT2D eigenvalue weighted by molar-refractivity contribution is 5.92. The third-order valence-corrected chi connectivity index (χ3v) is 5.58. The fourth-order valence-corrected chi connectivity index (χ4v) is 4.03. The average Bonchev–Trinajstić information content (AvgIpc) is 3.38. The number of piperidine rings is 1. The molecule has 2 aromatic heterocycles. The van der Waals surface area contributed by atoms with Crippen molar-refractivity contribution in [2.45, 2.75) is 45.1 Å². The van der Waals surface area contributed by atoms with Crippen LogP contribution in [0.25, 0.3) is 0 Å². The van der Waals surface area contributed by atoms with Gasteiger partial charge in [0.05, 0.1) is 12.2 Å². The Kier molecular flexibility index (Phi) is 4.76. The average molecular weight is 358 g/mol. The fraction of sp³-hybridized carbons (Fsp3) is 0.667. The predicted octanol–water partition coefficient (Wildman–Crippen LogP) is 1.73. The number of aromatic nitrogens is 4. The highest BCUT2D eigenvalue weighted by Crippen LogP contribution is 2.27. The first-order valence-electron chi connectivity index (χ1n) is 9.43. The van der Waals surface area contributed by atoms with Gasteiger partial charge in [0.2, 0.25) is 5.76 Å². The van der Waals surface area contributed by atoms with Gasteiger partial charge >= 0.3 is 0 Å². The van der Waals surface area contributed by atoms with Crippen LogP contribution in [0.4, 0.5) is 0 Å². The van der Waals surface area contributed by atoms with Crippen molar-refractivity contribution in [1.29, 1.82) is 0 Å². The van der Waals surface area contributed by atoms with Gasteiger partial charge in [-0.25, -0.2) is 4.98 Å². The molecule has 0 bridgehead atoms. The van der Waals surface area contributed by atoms with E-state index in [1.165, 1.54) is 19.2 Å². The van der Waals surface area contributed by atoms with Gasteiger partial charge in [-0.05, 0) is 45.7 Å². The molecule has 8 heteroatoms. The lowest BCUT2D eigenvalue weighted by Crippen LogP contribution is -2.39. The van der Waals surface area contributed by atoms with E-state index in [1.54, 1.807) is 6.92 Å². The zero-order valence-corrected chi connectivity index (χ0v) is 15.5. The minimum atomic E-state index is -0.0795. The van der Waals surface area contributed by atoms with Crippen LogP contribution in [0.5, 0.6) is 0 Å². The Balaban J connectivity index is 1.47. The molecule has 1 amide bonds. The van der Waals surface area contributed by atoms with Crippen molar-refractivity contribution in [2.75, 3.05) is 26.2 Å². The summed E-state index contributed by atoms with van der Waals surface area (Å²) in [4.78, 5) is 21.0. The van der Waals surface area contributed by atoms with Gasteiger partial charge in [0.25, 0.3) is 5.91 Å². The quantitative estimate of drug-likeness (QED) is 0.828. The first-order chi connectivity index (χ1) is 12.6. The van der Waals surface area contributed by atoms with E-state index in [1.807, 2.05) is 11.9 Å². The number of carbonyl (C=O) groups excluding carboxylic acids is 1. The lowest BCUT2D eigenvalue weighted by Gasteiger charge is -2.31. The number of carbonyl (C=O) groups is 1. The number of aryl methyl sites for hydroxylation is 1. The molecular formula is C18H26N6O2. The van der Waals surface area contributed by atoms with E-state index in [0.717, 1.165) is 50.7 Å². The Bertz CT molecular complexity index is 776. The van der Waals surface area contributed by atoms with E-state index in [0.29, 0.717) is 18.0 Å². The predicted molar refractivity (Wildman–Crippen MR) is 94.6 cm³/mol. The van der Waals surface area contributed by atoms with E-state index in [-0.39, 0.29) is 11.8 Å². The van der Waals surface area contributed by atoms with Crippen LogP contribution in [-0.4, -0.2) is 61.6 Å². The number of likely N-dealkylation sites (tertiary alicyclic amines) is 2. The molecule has 26 heavy (non-hydrogen) atoms. The number of hydrogen-bond donors (Lipinski definition) is 0. The molecule has 2 aliphatic rings. The lowest BCUT2D eigenvalue weighted by molar-refractivity contribution is 0.0670. The second-order valence-electron chi connectivity index (χ2n) is 7.37. The van der Waals surface area contributed by atoms with Crippen molar-refractivity contribution in [3.05, 3.63) is 29.5 Å². The molecule has 2 saturated heterocycles. The number of oxazole rings is 1. The molecule has 2 aliphatic heterocycles. The van der Waals surface area contributed by atoms with E-state index >= 15 is 0 Å². The molecule has 2 fully saturated rings. The molecule has 0 aromatic carbocycles.